The summed E-state index contributed by atoms with van der Waals surface area (Å²) in [4.78, 5) is 14.0. The van der Waals surface area contributed by atoms with Gasteiger partial charge in [0.15, 0.2) is 5.78 Å². The second kappa shape index (κ2) is 9.45. The van der Waals surface area contributed by atoms with E-state index in [-0.39, 0.29) is 29.5 Å². The van der Waals surface area contributed by atoms with Crippen LogP contribution in [0.5, 0.6) is 0 Å². The topological polar surface area (TPSA) is 37.3 Å². The first kappa shape index (κ1) is 21.3. The monoisotopic (exact) mass is 410 g/mol. The van der Waals surface area contributed by atoms with Crippen molar-refractivity contribution < 1.29 is 9.90 Å². The van der Waals surface area contributed by atoms with Gasteiger partial charge in [0.25, 0.3) is 0 Å². The van der Waals surface area contributed by atoms with Crippen molar-refractivity contribution in [2.45, 2.75) is 38.2 Å². The molecule has 0 radical (unpaired) electrons. The maximum absolute atomic E-state index is 14.0. The van der Waals surface area contributed by atoms with Crippen molar-refractivity contribution in [3.8, 4) is 0 Å². The maximum Gasteiger partial charge on any atom is 0.162 e. The van der Waals surface area contributed by atoms with Gasteiger partial charge in [-0.05, 0) is 59.4 Å². The molecular weight excluding hydrogens is 380 g/mol. The van der Waals surface area contributed by atoms with Crippen molar-refractivity contribution in [3.63, 3.8) is 0 Å². The number of Topliss-reactive ketones (excluding diaryl/α,β-unsaturated/α-hetero) is 1. The van der Waals surface area contributed by atoms with Gasteiger partial charge in [0, 0.05) is 5.92 Å². The molecule has 1 fully saturated rings. The van der Waals surface area contributed by atoms with Crippen LogP contribution in [0.25, 0.3) is 6.08 Å². The molecule has 3 aromatic carbocycles. The molecule has 0 unspecified atom stereocenters. The summed E-state index contributed by atoms with van der Waals surface area (Å²) in [6.07, 6.45) is 2.14. The summed E-state index contributed by atoms with van der Waals surface area (Å²) in [5.41, 5.74) is 4.05. The number of aliphatic hydroxyl groups is 1. The Hall–Kier alpha value is -2.97. The zero-order valence-electron chi connectivity index (χ0n) is 18.2. The Labute approximate surface area is 185 Å². The van der Waals surface area contributed by atoms with Crippen LogP contribution >= 0.6 is 0 Å². The lowest BCUT2D eigenvalue weighted by Crippen LogP contribution is -2.43. The van der Waals surface area contributed by atoms with Gasteiger partial charge in [0.2, 0.25) is 0 Å². The summed E-state index contributed by atoms with van der Waals surface area (Å²) in [5.74, 6) is -0.111. The predicted molar refractivity (Wildman–Crippen MR) is 127 cm³/mol. The van der Waals surface area contributed by atoms with Gasteiger partial charge in [-0.2, -0.15) is 0 Å². The van der Waals surface area contributed by atoms with E-state index in [1.807, 2.05) is 79.7 Å². The van der Waals surface area contributed by atoms with E-state index in [0.717, 1.165) is 22.3 Å². The quantitative estimate of drug-likeness (QED) is 0.505. The third-order valence-electron chi connectivity index (χ3n) is 6.78. The van der Waals surface area contributed by atoms with Crippen LogP contribution in [0.2, 0.25) is 0 Å². The number of hydrogen-bond donors (Lipinski definition) is 1. The number of hydrogen-bond acceptors (Lipinski definition) is 2. The lowest BCUT2D eigenvalue weighted by Gasteiger charge is -2.44. The van der Waals surface area contributed by atoms with E-state index in [9.17, 15) is 9.90 Å². The highest BCUT2D eigenvalue weighted by Crippen LogP contribution is 2.50. The standard InChI is InChI=1S/C29H30O2/c1-20(18-22-12-6-3-7-13-22)29(31)28-25(23-14-8-4-9-15-23)19-26(30)21(2)27(28)24-16-10-5-11-17-24/h3-18,21,25-28,30H,19H2,1-2H3/b20-18-/t21-,25-,26-,27+,28+/m1/s1. The Kier molecular flexibility index (Phi) is 6.48. The summed E-state index contributed by atoms with van der Waals surface area (Å²) in [6, 6.07) is 30.4. The minimum atomic E-state index is -0.446. The van der Waals surface area contributed by atoms with Crippen LogP contribution in [0, 0.1) is 11.8 Å². The van der Waals surface area contributed by atoms with Gasteiger partial charge in [-0.25, -0.2) is 0 Å². The number of carbonyl (C=O) groups excluding carboxylic acids is 1. The molecule has 158 valence electrons. The zero-order chi connectivity index (χ0) is 21.8. The van der Waals surface area contributed by atoms with Gasteiger partial charge in [-0.1, -0.05) is 97.9 Å². The van der Waals surface area contributed by atoms with Crippen molar-refractivity contribution in [1.29, 1.82) is 0 Å². The van der Waals surface area contributed by atoms with Gasteiger partial charge in [-0.15, -0.1) is 0 Å². The average molecular weight is 411 g/mol. The summed E-state index contributed by atoms with van der Waals surface area (Å²) in [6.45, 7) is 4.01. The molecule has 31 heavy (non-hydrogen) atoms. The smallest absolute Gasteiger partial charge is 0.162 e. The largest absolute Gasteiger partial charge is 0.393 e. The first-order chi connectivity index (χ1) is 15.1. The molecule has 1 aliphatic rings. The summed E-state index contributed by atoms with van der Waals surface area (Å²) >= 11 is 0. The van der Waals surface area contributed by atoms with Crippen LogP contribution in [-0.4, -0.2) is 17.0 Å². The fourth-order valence-electron chi connectivity index (χ4n) is 5.15. The van der Waals surface area contributed by atoms with Crippen molar-refractivity contribution in [3.05, 3.63) is 113 Å². The fourth-order valence-corrected chi connectivity index (χ4v) is 5.15. The molecule has 2 nitrogen and oxygen atoms in total. The number of carbonyl (C=O) groups is 1. The lowest BCUT2D eigenvalue weighted by molar-refractivity contribution is -0.123. The summed E-state index contributed by atoms with van der Waals surface area (Å²) in [5, 5.41) is 11.0. The Morgan fingerprint density at radius 3 is 1.94 bits per heavy atom. The van der Waals surface area contributed by atoms with E-state index < -0.39 is 6.10 Å². The van der Waals surface area contributed by atoms with Crippen LogP contribution in [-0.2, 0) is 4.79 Å². The van der Waals surface area contributed by atoms with Crippen LogP contribution in [0.1, 0.15) is 48.8 Å². The molecule has 0 amide bonds. The first-order valence-corrected chi connectivity index (χ1v) is 11.1. The van der Waals surface area contributed by atoms with Gasteiger partial charge in [0.05, 0.1) is 6.10 Å². The molecule has 1 N–H and O–H groups in total. The Bertz CT molecular complexity index is 1020. The molecule has 0 aliphatic heterocycles. The molecule has 4 rings (SSSR count). The third-order valence-corrected chi connectivity index (χ3v) is 6.78. The molecule has 1 saturated carbocycles. The Morgan fingerprint density at radius 2 is 1.35 bits per heavy atom. The van der Waals surface area contributed by atoms with Crippen LogP contribution < -0.4 is 0 Å². The van der Waals surface area contributed by atoms with E-state index in [1.165, 1.54) is 0 Å². The summed E-state index contributed by atoms with van der Waals surface area (Å²) in [7, 11) is 0. The SMILES string of the molecule is C/C(=C/c1ccccc1)C(=O)[C@@H]1[C@H](c2ccccc2)[C@H](C)[C@H](O)C[C@@H]1c1ccccc1. The van der Waals surface area contributed by atoms with Gasteiger partial charge >= 0.3 is 0 Å². The molecule has 0 aromatic heterocycles. The highest BCUT2D eigenvalue weighted by atomic mass is 16.3. The van der Waals surface area contributed by atoms with Gasteiger partial charge in [0.1, 0.15) is 0 Å². The zero-order valence-corrected chi connectivity index (χ0v) is 18.2. The summed E-state index contributed by atoms with van der Waals surface area (Å²) < 4.78 is 0. The molecule has 1 aliphatic carbocycles. The van der Waals surface area contributed by atoms with Crippen molar-refractivity contribution in [2.24, 2.45) is 11.8 Å². The lowest BCUT2D eigenvalue weighted by atomic mass is 9.60. The number of benzene rings is 3. The Morgan fingerprint density at radius 1 is 0.839 bits per heavy atom. The van der Waals surface area contributed by atoms with Crippen molar-refractivity contribution >= 4 is 11.9 Å². The Balaban J connectivity index is 1.80. The normalized spacial score (nSPS) is 26.4. The average Bonchev–Trinajstić information content (AvgIpc) is 2.81. The van der Waals surface area contributed by atoms with E-state index in [4.69, 9.17) is 0 Å². The minimum absolute atomic E-state index is 0.000775. The van der Waals surface area contributed by atoms with Crippen LogP contribution in [0.3, 0.4) is 0 Å². The van der Waals surface area contributed by atoms with E-state index in [0.29, 0.717) is 6.42 Å². The molecule has 2 heteroatoms. The van der Waals surface area contributed by atoms with Crippen LogP contribution in [0.15, 0.2) is 96.6 Å². The van der Waals surface area contributed by atoms with E-state index in [1.54, 1.807) is 0 Å². The fraction of sp³-hybridized carbons (Fsp3) is 0.276. The number of aliphatic hydroxyl groups excluding tert-OH is 1. The van der Waals surface area contributed by atoms with Crippen LogP contribution in [0.4, 0.5) is 0 Å². The van der Waals surface area contributed by atoms with E-state index in [2.05, 4.69) is 31.2 Å². The highest BCUT2D eigenvalue weighted by Gasteiger charge is 2.46. The minimum Gasteiger partial charge on any atom is -0.393 e. The second-order valence-electron chi connectivity index (χ2n) is 8.74. The number of allylic oxidation sites excluding steroid dienone is 1. The predicted octanol–water partition coefficient (Wildman–Crippen LogP) is 6.24. The maximum atomic E-state index is 14.0. The van der Waals surface area contributed by atoms with Crippen molar-refractivity contribution in [1.82, 2.24) is 0 Å². The van der Waals surface area contributed by atoms with Crippen molar-refractivity contribution in [2.75, 3.05) is 0 Å². The van der Waals surface area contributed by atoms with Gasteiger partial charge < -0.3 is 5.11 Å². The number of ketones is 1. The van der Waals surface area contributed by atoms with Gasteiger partial charge in [-0.3, -0.25) is 4.79 Å². The molecule has 0 spiro atoms. The molecule has 5 atom stereocenters. The van der Waals surface area contributed by atoms with E-state index >= 15 is 0 Å². The number of rotatable bonds is 5. The molecule has 0 heterocycles. The molecule has 0 saturated heterocycles. The third kappa shape index (κ3) is 4.55. The highest BCUT2D eigenvalue weighted by molar-refractivity contribution is 6.01. The second-order valence-corrected chi connectivity index (χ2v) is 8.74. The first-order valence-electron chi connectivity index (χ1n) is 11.1. The molecule has 3 aromatic rings. The molecular formula is C29H30O2. The molecule has 0 bridgehead atoms.